The van der Waals surface area contributed by atoms with Gasteiger partial charge in [-0.05, 0) is 24.6 Å². The molecule has 0 aliphatic rings. The number of nitrogens with two attached hydrogens (primary N) is 1. The molecule has 2 rings (SSSR count). The summed E-state index contributed by atoms with van der Waals surface area (Å²) in [7, 11) is 0. The third-order valence-electron chi connectivity index (χ3n) is 2.81. The number of H-pyrrole nitrogens is 1. The van der Waals surface area contributed by atoms with Crippen molar-refractivity contribution in [3.8, 4) is 0 Å². The second-order valence-corrected chi connectivity index (χ2v) is 4.47. The van der Waals surface area contributed by atoms with E-state index in [0.29, 0.717) is 36.6 Å². The monoisotopic (exact) mass is 284 g/mol. The van der Waals surface area contributed by atoms with Gasteiger partial charge in [0.15, 0.2) is 5.82 Å². The Kier molecular flexibility index (Phi) is 4.39. The van der Waals surface area contributed by atoms with Crippen LogP contribution in [0.1, 0.15) is 29.2 Å². The Morgan fingerprint density at radius 2 is 2.05 bits per heavy atom. The molecule has 0 spiro atoms. The largest absolute Gasteiger partial charge is 0.416 e. The number of aryl methyl sites for hydroxylation is 1. The van der Waals surface area contributed by atoms with Crippen LogP contribution in [0.25, 0.3) is 0 Å². The van der Waals surface area contributed by atoms with Crippen LogP contribution >= 0.6 is 0 Å². The molecule has 7 heteroatoms. The van der Waals surface area contributed by atoms with Gasteiger partial charge in [0.1, 0.15) is 5.82 Å². The van der Waals surface area contributed by atoms with E-state index in [1.807, 2.05) is 0 Å². The number of alkyl halides is 3. The highest BCUT2D eigenvalue weighted by molar-refractivity contribution is 5.27. The number of aromatic nitrogens is 3. The number of benzene rings is 1. The van der Waals surface area contributed by atoms with E-state index >= 15 is 0 Å². The van der Waals surface area contributed by atoms with Crippen molar-refractivity contribution in [3.63, 3.8) is 0 Å². The van der Waals surface area contributed by atoms with E-state index in [1.165, 1.54) is 6.07 Å². The average Bonchev–Trinajstić information content (AvgIpc) is 2.83. The molecule has 0 saturated carbocycles. The topological polar surface area (TPSA) is 67.6 Å². The van der Waals surface area contributed by atoms with Crippen LogP contribution in [0, 0.1) is 0 Å². The van der Waals surface area contributed by atoms with E-state index in [4.69, 9.17) is 5.73 Å². The molecule has 3 N–H and O–H groups in total. The van der Waals surface area contributed by atoms with E-state index in [-0.39, 0.29) is 0 Å². The molecule has 0 atom stereocenters. The molecule has 0 aliphatic carbocycles. The lowest BCUT2D eigenvalue weighted by Gasteiger charge is -2.07. The first-order valence-corrected chi connectivity index (χ1v) is 6.25. The summed E-state index contributed by atoms with van der Waals surface area (Å²) in [6, 6.07) is 5.21. The second-order valence-electron chi connectivity index (χ2n) is 4.47. The van der Waals surface area contributed by atoms with Crippen LogP contribution in [-0.2, 0) is 19.0 Å². The van der Waals surface area contributed by atoms with E-state index in [0.717, 1.165) is 18.6 Å². The predicted molar refractivity (Wildman–Crippen MR) is 68.0 cm³/mol. The van der Waals surface area contributed by atoms with Crippen molar-refractivity contribution in [3.05, 3.63) is 47.0 Å². The van der Waals surface area contributed by atoms with E-state index in [2.05, 4.69) is 15.2 Å². The minimum atomic E-state index is -4.33. The minimum absolute atomic E-state index is 0.291. The van der Waals surface area contributed by atoms with Crippen LogP contribution in [-0.4, -0.2) is 21.7 Å². The first kappa shape index (κ1) is 14.5. The normalized spacial score (nSPS) is 11.8. The molecule has 1 heterocycles. The number of hydrogen-bond acceptors (Lipinski definition) is 3. The van der Waals surface area contributed by atoms with Gasteiger partial charge in [-0.15, -0.1) is 0 Å². The third-order valence-corrected chi connectivity index (χ3v) is 2.81. The summed E-state index contributed by atoms with van der Waals surface area (Å²) in [4.78, 5) is 4.23. The summed E-state index contributed by atoms with van der Waals surface area (Å²) < 4.78 is 37.8. The molecular weight excluding hydrogens is 269 g/mol. The molecule has 0 radical (unpaired) electrons. The maximum absolute atomic E-state index is 12.6. The quantitative estimate of drug-likeness (QED) is 0.885. The van der Waals surface area contributed by atoms with Crippen molar-refractivity contribution >= 4 is 0 Å². The highest BCUT2D eigenvalue weighted by Gasteiger charge is 2.30. The van der Waals surface area contributed by atoms with Gasteiger partial charge in [-0.1, -0.05) is 18.2 Å². The van der Waals surface area contributed by atoms with Crippen LogP contribution in [0.15, 0.2) is 24.3 Å². The fraction of sp³-hybridized carbons (Fsp3) is 0.385. The molecule has 4 nitrogen and oxygen atoms in total. The van der Waals surface area contributed by atoms with Crippen molar-refractivity contribution in [2.24, 2.45) is 5.73 Å². The Labute approximate surface area is 114 Å². The third kappa shape index (κ3) is 3.80. The fourth-order valence-electron chi connectivity index (χ4n) is 1.84. The molecule has 0 amide bonds. The molecule has 0 unspecified atom stereocenters. The second kappa shape index (κ2) is 6.04. The molecule has 0 saturated heterocycles. The SMILES string of the molecule is NCCCc1n[nH]c(Cc2cccc(C(F)(F)F)c2)n1. The van der Waals surface area contributed by atoms with Gasteiger partial charge in [-0.3, -0.25) is 5.10 Å². The number of nitrogens with one attached hydrogen (secondary N) is 1. The summed E-state index contributed by atoms with van der Waals surface area (Å²) in [5.74, 6) is 1.19. The van der Waals surface area contributed by atoms with Gasteiger partial charge in [-0.2, -0.15) is 18.3 Å². The van der Waals surface area contributed by atoms with E-state index < -0.39 is 11.7 Å². The molecule has 2 aromatic rings. The van der Waals surface area contributed by atoms with Gasteiger partial charge in [-0.25, -0.2) is 4.98 Å². The standard InChI is InChI=1S/C13H15F3N4/c14-13(15,16)10-4-1-3-9(7-10)8-12-18-11(19-20-12)5-2-6-17/h1,3-4,7H,2,5-6,8,17H2,(H,18,19,20). The molecule has 0 fully saturated rings. The minimum Gasteiger partial charge on any atom is -0.330 e. The Balaban J connectivity index is 2.08. The van der Waals surface area contributed by atoms with E-state index in [1.54, 1.807) is 6.07 Å². The zero-order valence-electron chi connectivity index (χ0n) is 10.7. The fourth-order valence-corrected chi connectivity index (χ4v) is 1.84. The number of hydrogen-bond donors (Lipinski definition) is 2. The van der Waals surface area contributed by atoms with Gasteiger partial charge < -0.3 is 5.73 Å². The molecule has 0 bridgehead atoms. The molecule has 1 aromatic heterocycles. The van der Waals surface area contributed by atoms with Gasteiger partial charge in [0, 0.05) is 12.8 Å². The van der Waals surface area contributed by atoms with Gasteiger partial charge >= 0.3 is 6.18 Å². The number of rotatable bonds is 5. The predicted octanol–water partition coefficient (Wildman–Crippen LogP) is 2.31. The highest BCUT2D eigenvalue weighted by atomic mass is 19.4. The smallest absolute Gasteiger partial charge is 0.330 e. The lowest BCUT2D eigenvalue weighted by atomic mass is 10.1. The van der Waals surface area contributed by atoms with E-state index in [9.17, 15) is 13.2 Å². The van der Waals surface area contributed by atoms with Crippen molar-refractivity contribution in [1.82, 2.24) is 15.2 Å². The Morgan fingerprint density at radius 3 is 2.75 bits per heavy atom. The van der Waals surface area contributed by atoms with Crippen molar-refractivity contribution in [2.75, 3.05) is 6.54 Å². The number of nitrogens with zero attached hydrogens (tertiary/aromatic N) is 2. The molecular formula is C13H15F3N4. The summed E-state index contributed by atoms with van der Waals surface area (Å²) in [6.45, 7) is 0.553. The number of halogens is 3. The Bertz CT molecular complexity index is 563. The summed E-state index contributed by atoms with van der Waals surface area (Å²) >= 11 is 0. The van der Waals surface area contributed by atoms with Crippen molar-refractivity contribution in [2.45, 2.75) is 25.4 Å². The first-order valence-electron chi connectivity index (χ1n) is 6.25. The average molecular weight is 284 g/mol. The summed E-state index contributed by atoms with van der Waals surface area (Å²) in [6.07, 6.45) is -2.60. The lowest BCUT2D eigenvalue weighted by Crippen LogP contribution is -2.05. The van der Waals surface area contributed by atoms with Crippen LogP contribution in [0.2, 0.25) is 0 Å². The molecule has 0 aliphatic heterocycles. The summed E-state index contributed by atoms with van der Waals surface area (Å²) in [5.41, 5.74) is 5.28. The highest BCUT2D eigenvalue weighted by Crippen LogP contribution is 2.29. The van der Waals surface area contributed by atoms with Gasteiger partial charge in [0.05, 0.1) is 5.56 Å². The summed E-state index contributed by atoms with van der Waals surface area (Å²) in [5, 5.41) is 6.75. The van der Waals surface area contributed by atoms with Gasteiger partial charge in [0.25, 0.3) is 0 Å². The Morgan fingerprint density at radius 1 is 1.25 bits per heavy atom. The van der Waals surface area contributed by atoms with Crippen LogP contribution < -0.4 is 5.73 Å². The van der Waals surface area contributed by atoms with Crippen molar-refractivity contribution < 1.29 is 13.2 Å². The molecule has 108 valence electrons. The maximum Gasteiger partial charge on any atom is 0.416 e. The number of aromatic amines is 1. The van der Waals surface area contributed by atoms with Crippen molar-refractivity contribution in [1.29, 1.82) is 0 Å². The molecule has 1 aromatic carbocycles. The van der Waals surface area contributed by atoms with Crippen LogP contribution in [0.4, 0.5) is 13.2 Å². The van der Waals surface area contributed by atoms with Gasteiger partial charge in [0.2, 0.25) is 0 Å². The maximum atomic E-state index is 12.6. The first-order chi connectivity index (χ1) is 9.49. The zero-order valence-corrected chi connectivity index (χ0v) is 10.7. The van der Waals surface area contributed by atoms with Crippen LogP contribution in [0.3, 0.4) is 0 Å². The molecule has 20 heavy (non-hydrogen) atoms. The van der Waals surface area contributed by atoms with Crippen LogP contribution in [0.5, 0.6) is 0 Å². The zero-order chi connectivity index (χ0) is 14.6. The lowest BCUT2D eigenvalue weighted by molar-refractivity contribution is -0.137. The Hall–Kier alpha value is -1.89.